The second kappa shape index (κ2) is 13.8. The van der Waals surface area contributed by atoms with Gasteiger partial charge in [-0.1, -0.05) is 39.8 Å². The maximum Gasteiger partial charge on any atom is 0.338 e. The van der Waals surface area contributed by atoms with E-state index >= 15 is 0 Å². The van der Waals surface area contributed by atoms with Crippen LogP contribution in [0.15, 0.2) is 52.9 Å². The summed E-state index contributed by atoms with van der Waals surface area (Å²) in [6, 6.07) is 10.8. The molecule has 4 rings (SSSR count). The lowest BCUT2D eigenvalue weighted by Gasteiger charge is -2.32. The van der Waals surface area contributed by atoms with Gasteiger partial charge in [0.2, 0.25) is 17.7 Å². The highest BCUT2D eigenvalue weighted by Crippen LogP contribution is 2.27. The molecule has 1 aliphatic heterocycles. The van der Waals surface area contributed by atoms with Crippen LogP contribution in [0.1, 0.15) is 94.0 Å². The molecule has 0 saturated carbocycles. The average molecular weight is 621 g/mol. The highest BCUT2D eigenvalue weighted by atomic mass is 16.6. The summed E-state index contributed by atoms with van der Waals surface area (Å²) < 4.78 is 11.1. The first kappa shape index (κ1) is 33.6. The fourth-order valence-corrected chi connectivity index (χ4v) is 5.36. The molecule has 11 heteroatoms. The summed E-state index contributed by atoms with van der Waals surface area (Å²) in [4.78, 5) is 58.8. The number of amides is 3. The Bertz CT molecular complexity index is 1490. The van der Waals surface area contributed by atoms with E-state index in [4.69, 9.17) is 9.15 Å². The molecule has 2 aromatic carbocycles. The molecule has 2 heterocycles. The Balaban J connectivity index is 1.44. The highest BCUT2D eigenvalue weighted by Gasteiger charge is 2.40. The molecule has 3 aromatic rings. The van der Waals surface area contributed by atoms with Gasteiger partial charge in [0, 0.05) is 12.1 Å². The number of ether oxygens (including phenoxy) is 1. The SMILES string of the molecule is CC(C)[C@H](NC(=O)[C@@H]1CCCN1C(=O)[C@@H](NC(=O)c1ccc(C(=O)OC(C)(C)C)cc1)C(C)C)C(O)c1nc2ccccc2o1. The van der Waals surface area contributed by atoms with Crippen molar-refractivity contribution in [1.82, 2.24) is 20.5 Å². The molecule has 1 saturated heterocycles. The zero-order chi connectivity index (χ0) is 33.1. The number of para-hydroxylation sites is 2. The number of likely N-dealkylation sites (tertiary alicyclic amines) is 1. The number of fused-ring (bicyclic) bond motifs is 1. The minimum absolute atomic E-state index is 0.108. The van der Waals surface area contributed by atoms with Crippen molar-refractivity contribution < 1.29 is 33.4 Å². The van der Waals surface area contributed by atoms with Gasteiger partial charge in [0.05, 0.1) is 11.6 Å². The number of aliphatic hydroxyl groups excluding tert-OH is 1. The second-order valence-corrected chi connectivity index (χ2v) is 13.2. The summed E-state index contributed by atoms with van der Waals surface area (Å²) in [5, 5.41) is 16.9. The van der Waals surface area contributed by atoms with Crippen LogP contribution in [0, 0.1) is 11.8 Å². The van der Waals surface area contributed by atoms with Crippen molar-refractivity contribution in [2.45, 2.75) is 91.1 Å². The van der Waals surface area contributed by atoms with Gasteiger partial charge in [0.1, 0.15) is 23.2 Å². The number of nitrogens with one attached hydrogen (secondary N) is 2. The summed E-state index contributed by atoms with van der Waals surface area (Å²) in [5.41, 5.74) is 1.08. The number of aromatic nitrogens is 1. The molecular formula is C34H44N4O7. The third kappa shape index (κ3) is 8.08. The van der Waals surface area contributed by atoms with E-state index < -0.39 is 41.7 Å². The molecular weight excluding hydrogens is 576 g/mol. The van der Waals surface area contributed by atoms with Crippen molar-refractivity contribution in [2.75, 3.05) is 6.54 Å². The van der Waals surface area contributed by atoms with Crippen LogP contribution in [0.4, 0.5) is 0 Å². The Morgan fingerprint density at radius 2 is 1.60 bits per heavy atom. The smallest absolute Gasteiger partial charge is 0.338 e. The van der Waals surface area contributed by atoms with Crippen LogP contribution in [-0.4, -0.2) is 69.0 Å². The summed E-state index contributed by atoms with van der Waals surface area (Å²) in [6.07, 6.45) is -0.127. The van der Waals surface area contributed by atoms with E-state index in [1.54, 1.807) is 32.9 Å². The largest absolute Gasteiger partial charge is 0.456 e. The number of benzene rings is 2. The zero-order valence-corrected chi connectivity index (χ0v) is 27.0. The lowest BCUT2D eigenvalue weighted by atomic mass is 9.97. The van der Waals surface area contributed by atoms with Gasteiger partial charge in [-0.3, -0.25) is 14.4 Å². The van der Waals surface area contributed by atoms with E-state index in [1.807, 2.05) is 39.8 Å². The number of hydrogen-bond donors (Lipinski definition) is 3. The van der Waals surface area contributed by atoms with E-state index in [0.717, 1.165) is 0 Å². The number of hydrogen-bond acceptors (Lipinski definition) is 8. The Morgan fingerprint density at radius 1 is 0.956 bits per heavy atom. The molecule has 0 spiro atoms. The predicted octanol–water partition coefficient (Wildman–Crippen LogP) is 4.40. The van der Waals surface area contributed by atoms with E-state index in [1.165, 1.54) is 29.2 Å². The van der Waals surface area contributed by atoms with Gasteiger partial charge < -0.3 is 29.8 Å². The van der Waals surface area contributed by atoms with Crippen LogP contribution in [0.25, 0.3) is 11.1 Å². The molecule has 1 aromatic heterocycles. The highest BCUT2D eigenvalue weighted by molar-refractivity contribution is 5.99. The molecule has 3 N–H and O–H groups in total. The van der Waals surface area contributed by atoms with Gasteiger partial charge in [0.15, 0.2) is 11.7 Å². The maximum atomic E-state index is 13.8. The molecule has 45 heavy (non-hydrogen) atoms. The van der Waals surface area contributed by atoms with Gasteiger partial charge in [-0.25, -0.2) is 9.78 Å². The number of aliphatic hydroxyl groups is 1. The summed E-state index contributed by atoms with van der Waals surface area (Å²) >= 11 is 0. The minimum atomic E-state index is -1.20. The standard InChI is InChI=1S/C34H44N4O7/c1-19(2)26(28(39)31-35-23-11-8-9-13-25(23)44-31)36-30(41)24-12-10-18-38(24)32(42)27(20(3)4)37-29(40)21-14-16-22(17-15-21)33(43)45-34(5,6)7/h8-9,11,13-17,19-20,24,26-28,39H,10,12,18H2,1-7H3,(H,36,41)(H,37,40)/t24-,26-,27-,28?/m0/s1. The number of carbonyl (C=O) groups excluding carboxylic acids is 4. The normalized spacial score (nSPS) is 17.3. The van der Waals surface area contributed by atoms with Gasteiger partial charge in [-0.05, 0) is 81.8 Å². The van der Waals surface area contributed by atoms with Gasteiger partial charge in [-0.2, -0.15) is 0 Å². The molecule has 0 radical (unpaired) electrons. The molecule has 0 bridgehead atoms. The predicted molar refractivity (Wildman–Crippen MR) is 168 cm³/mol. The summed E-state index contributed by atoms with van der Waals surface area (Å²) in [6.45, 7) is 13.1. The number of carbonyl (C=O) groups is 4. The van der Waals surface area contributed by atoms with Crippen LogP contribution in [0.2, 0.25) is 0 Å². The first-order valence-electron chi connectivity index (χ1n) is 15.4. The topological polar surface area (TPSA) is 151 Å². The van der Waals surface area contributed by atoms with Crippen LogP contribution in [0.3, 0.4) is 0 Å². The monoisotopic (exact) mass is 620 g/mol. The molecule has 11 nitrogen and oxygen atoms in total. The van der Waals surface area contributed by atoms with E-state index in [9.17, 15) is 24.3 Å². The van der Waals surface area contributed by atoms with E-state index in [0.29, 0.717) is 36.0 Å². The maximum absolute atomic E-state index is 13.8. The molecule has 1 fully saturated rings. The Hall–Kier alpha value is -4.25. The molecule has 1 aliphatic rings. The van der Waals surface area contributed by atoms with Crippen LogP contribution in [-0.2, 0) is 14.3 Å². The number of rotatable bonds is 10. The second-order valence-electron chi connectivity index (χ2n) is 13.2. The van der Waals surface area contributed by atoms with Crippen LogP contribution < -0.4 is 10.6 Å². The van der Waals surface area contributed by atoms with Gasteiger partial charge in [0.25, 0.3) is 5.91 Å². The quantitative estimate of drug-likeness (QED) is 0.282. The molecule has 4 atom stereocenters. The van der Waals surface area contributed by atoms with Crippen LogP contribution >= 0.6 is 0 Å². The Labute approximate surface area is 263 Å². The first-order valence-corrected chi connectivity index (χ1v) is 15.4. The molecule has 1 unspecified atom stereocenters. The van der Waals surface area contributed by atoms with Crippen molar-refractivity contribution in [2.24, 2.45) is 11.8 Å². The minimum Gasteiger partial charge on any atom is -0.456 e. The van der Waals surface area contributed by atoms with E-state index in [-0.39, 0.29) is 35.1 Å². The zero-order valence-electron chi connectivity index (χ0n) is 27.0. The van der Waals surface area contributed by atoms with Crippen molar-refractivity contribution in [1.29, 1.82) is 0 Å². The summed E-state index contributed by atoms with van der Waals surface area (Å²) in [5.74, 6) is -2.05. The number of nitrogens with zero attached hydrogens (tertiary/aromatic N) is 2. The van der Waals surface area contributed by atoms with Crippen molar-refractivity contribution >= 4 is 34.8 Å². The molecule has 3 amide bonds. The third-order valence-electron chi connectivity index (χ3n) is 7.77. The Kier molecular flexibility index (Phi) is 10.3. The number of oxazole rings is 1. The van der Waals surface area contributed by atoms with Gasteiger partial charge in [-0.15, -0.1) is 0 Å². The lowest BCUT2D eigenvalue weighted by molar-refractivity contribution is -0.141. The fraction of sp³-hybridized carbons (Fsp3) is 0.500. The van der Waals surface area contributed by atoms with Crippen LogP contribution in [0.5, 0.6) is 0 Å². The average Bonchev–Trinajstić information content (AvgIpc) is 3.64. The molecule has 242 valence electrons. The summed E-state index contributed by atoms with van der Waals surface area (Å²) in [7, 11) is 0. The number of esters is 1. The Morgan fingerprint density at radius 3 is 2.20 bits per heavy atom. The third-order valence-corrected chi connectivity index (χ3v) is 7.77. The lowest BCUT2D eigenvalue weighted by Crippen LogP contribution is -2.56. The van der Waals surface area contributed by atoms with Crippen molar-refractivity contribution in [3.63, 3.8) is 0 Å². The van der Waals surface area contributed by atoms with Crippen molar-refractivity contribution in [3.8, 4) is 0 Å². The fourth-order valence-electron chi connectivity index (χ4n) is 5.36. The van der Waals surface area contributed by atoms with Gasteiger partial charge >= 0.3 is 5.97 Å². The van der Waals surface area contributed by atoms with E-state index in [2.05, 4.69) is 15.6 Å². The van der Waals surface area contributed by atoms with Crippen molar-refractivity contribution in [3.05, 3.63) is 65.5 Å². The first-order chi connectivity index (χ1) is 21.2. The molecule has 0 aliphatic carbocycles.